The number of carbonyl (C=O) groups excluding carboxylic acids is 1. The molecule has 2 rings (SSSR count). The molecule has 1 aromatic carbocycles. The zero-order chi connectivity index (χ0) is 14.5. The highest BCUT2D eigenvalue weighted by Gasteiger charge is 2.10. The van der Waals surface area contributed by atoms with E-state index in [2.05, 4.69) is 14.9 Å². The van der Waals surface area contributed by atoms with Crippen LogP contribution in [-0.4, -0.2) is 23.3 Å². The van der Waals surface area contributed by atoms with Gasteiger partial charge in [0, 0.05) is 17.7 Å². The van der Waals surface area contributed by atoms with E-state index in [-0.39, 0.29) is 5.97 Å². The molecule has 0 aliphatic heterocycles. The Morgan fingerprint density at radius 1 is 1.40 bits per heavy atom. The van der Waals surface area contributed by atoms with Gasteiger partial charge in [0.05, 0.1) is 18.4 Å². The second-order valence-corrected chi connectivity index (χ2v) is 5.40. The van der Waals surface area contributed by atoms with Crippen molar-refractivity contribution in [1.82, 2.24) is 10.2 Å². The number of benzene rings is 1. The maximum atomic E-state index is 11.5. The summed E-state index contributed by atoms with van der Waals surface area (Å²) in [6.07, 6.45) is 0. The number of methoxy groups -OCH3 is 1. The van der Waals surface area contributed by atoms with E-state index in [1.54, 1.807) is 36.9 Å². The zero-order valence-electron chi connectivity index (χ0n) is 11.1. The van der Waals surface area contributed by atoms with E-state index in [9.17, 15) is 4.79 Å². The molecule has 0 unspecified atom stereocenters. The predicted octanol–water partition coefficient (Wildman–Crippen LogP) is 3.25. The molecule has 1 aromatic heterocycles. The highest BCUT2D eigenvalue weighted by molar-refractivity contribution is 7.97. The normalized spacial score (nSPS) is 10.6. The van der Waals surface area contributed by atoms with Crippen molar-refractivity contribution in [1.29, 1.82) is 0 Å². The molecule has 0 spiro atoms. The molecule has 0 saturated heterocycles. The van der Waals surface area contributed by atoms with Gasteiger partial charge >= 0.3 is 5.97 Å². The number of halogens is 1. The van der Waals surface area contributed by atoms with Crippen LogP contribution in [0.25, 0.3) is 0 Å². The van der Waals surface area contributed by atoms with Gasteiger partial charge in [0.1, 0.15) is 0 Å². The summed E-state index contributed by atoms with van der Waals surface area (Å²) < 4.78 is 9.97. The first-order valence-corrected chi connectivity index (χ1v) is 7.37. The summed E-state index contributed by atoms with van der Waals surface area (Å²) >= 11 is 7.70. The highest BCUT2D eigenvalue weighted by Crippen LogP contribution is 2.24. The highest BCUT2D eigenvalue weighted by atomic mass is 35.5. The number of hydrogen-bond donors (Lipinski definition) is 0. The van der Waals surface area contributed by atoms with E-state index in [1.165, 1.54) is 7.11 Å². The first-order valence-electron chi connectivity index (χ1n) is 5.83. The monoisotopic (exact) mass is 312 g/mol. The SMILES string of the molecule is COC(=O)c1ccc(Cl)c(CSCc2nnc(C)o2)c1. The number of rotatable bonds is 5. The van der Waals surface area contributed by atoms with E-state index in [1.807, 2.05) is 0 Å². The Morgan fingerprint density at radius 2 is 2.20 bits per heavy atom. The van der Waals surface area contributed by atoms with Gasteiger partial charge in [-0.05, 0) is 23.8 Å². The average Bonchev–Trinajstić information content (AvgIpc) is 2.85. The van der Waals surface area contributed by atoms with Crippen molar-refractivity contribution in [3.8, 4) is 0 Å². The van der Waals surface area contributed by atoms with Crippen molar-refractivity contribution in [2.45, 2.75) is 18.4 Å². The minimum absolute atomic E-state index is 0.375. The summed E-state index contributed by atoms with van der Waals surface area (Å²) in [7, 11) is 1.35. The standard InChI is InChI=1S/C13H13ClN2O3S/c1-8-15-16-12(19-8)7-20-6-10-5-9(13(17)18-2)3-4-11(10)14/h3-5H,6-7H2,1-2H3. The summed E-state index contributed by atoms with van der Waals surface area (Å²) in [5, 5.41) is 8.29. The summed E-state index contributed by atoms with van der Waals surface area (Å²) in [5.74, 6) is 1.99. The number of nitrogens with zero attached hydrogens (tertiary/aromatic N) is 2. The first kappa shape index (κ1) is 14.9. The molecular formula is C13H13ClN2O3S. The number of thioether (sulfide) groups is 1. The van der Waals surface area contributed by atoms with Crippen molar-refractivity contribution in [2.75, 3.05) is 7.11 Å². The number of hydrogen-bond acceptors (Lipinski definition) is 6. The molecule has 0 radical (unpaired) electrons. The molecule has 7 heteroatoms. The molecular weight excluding hydrogens is 300 g/mol. The summed E-state index contributed by atoms with van der Waals surface area (Å²) in [6, 6.07) is 5.07. The molecule has 1 heterocycles. The fourth-order valence-electron chi connectivity index (χ4n) is 1.57. The van der Waals surface area contributed by atoms with Gasteiger partial charge in [0.25, 0.3) is 0 Å². The number of aromatic nitrogens is 2. The van der Waals surface area contributed by atoms with Crippen LogP contribution >= 0.6 is 23.4 Å². The third-order valence-corrected chi connectivity index (χ3v) is 3.85. The van der Waals surface area contributed by atoms with Crippen LogP contribution in [0.5, 0.6) is 0 Å². The van der Waals surface area contributed by atoms with Crippen LogP contribution in [0.15, 0.2) is 22.6 Å². The Kier molecular flexibility index (Phi) is 5.03. The zero-order valence-corrected chi connectivity index (χ0v) is 12.6. The van der Waals surface area contributed by atoms with Gasteiger partial charge in [-0.2, -0.15) is 0 Å². The van der Waals surface area contributed by atoms with Crippen LogP contribution in [0, 0.1) is 6.92 Å². The van der Waals surface area contributed by atoms with Gasteiger partial charge in [0.2, 0.25) is 11.8 Å². The molecule has 0 N–H and O–H groups in total. The maximum absolute atomic E-state index is 11.5. The lowest BCUT2D eigenvalue weighted by Gasteiger charge is -2.06. The molecule has 0 amide bonds. The van der Waals surface area contributed by atoms with Gasteiger partial charge in [-0.25, -0.2) is 4.79 Å². The molecule has 0 fully saturated rings. The minimum Gasteiger partial charge on any atom is -0.465 e. The Labute approximate surface area is 125 Å². The lowest BCUT2D eigenvalue weighted by molar-refractivity contribution is 0.0600. The van der Waals surface area contributed by atoms with Gasteiger partial charge in [0.15, 0.2) is 0 Å². The van der Waals surface area contributed by atoms with Gasteiger partial charge in [-0.1, -0.05) is 11.6 Å². The first-order chi connectivity index (χ1) is 9.60. The molecule has 0 atom stereocenters. The Hall–Kier alpha value is -1.53. The number of carbonyl (C=O) groups is 1. The fraction of sp³-hybridized carbons (Fsp3) is 0.308. The Morgan fingerprint density at radius 3 is 2.85 bits per heavy atom. The van der Waals surface area contributed by atoms with Gasteiger partial charge in [-0.3, -0.25) is 0 Å². The molecule has 20 heavy (non-hydrogen) atoms. The van der Waals surface area contributed by atoms with Crippen molar-refractivity contribution in [2.24, 2.45) is 0 Å². The molecule has 0 aliphatic rings. The van der Waals surface area contributed by atoms with E-state index in [0.29, 0.717) is 33.9 Å². The molecule has 0 bridgehead atoms. The average molecular weight is 313 g/mol. The van der Waals surface area contributed by atoms with Crippen molar-refractivity contribution in [3.05, 3.63) is 46.1 Å². The topological polar surface area (TPSA) is 65.2 Å². The summed E-state index contributed by atoms with van der Waals surface area (Å²) in [4.78, 5) is 11.5. The van der Waals surface area contributed by atoms with Crippen LogP contribution in [0.2, 0.25) is 5.02 Å². The van der Waals surface area contributed by atoms with E-state index >= 15 is 0 Å². The summed E-state index contributed by atoms with van der Waals surface area (Å²) in [6.45, 7) is 1.75. The van der Waals surface area contributed by atoms with Crippen LogP contribution < -0.4 is 0 Å². The number of ether oxygens (including phenoxy) is 1. The van der Waals surface area contributed by atoms with E-state index < -0.39 is 0 Å². The molecule has 5 nitrogen and oxygen atoms in total. The Bertz CT molecular complexity index is 615. The van der Waals surface area contributed by atoms with Crippen LogP contribution in [0.4, 0.5) is 0 Å². The predicted molar refractivity (Wildman–Crippen MR) is 76.8 cm³/mol. The van der Waals surface area contributed by atoms with Crippen LogP contribution in [-0.2, 0) is 16.2 Å². The third kappa shape index (κ3) is 3.74. The van der Waals surface area contributed by atoms with Crippen molar-refractivity contribution in [3.63, 3.8) is 0 Å². The second-order valence-electron chi connectivity index (χ2n) is 4.01. The van der Waals surface area contributed by atoms with Crippen LogP contribution in [0.3, 0.4) is 0 Å². The van der Waals surface area contributed by atoms with Crippen molar-refractivity contribution >= 4 is 29.3 Å². The van der Waals surface area contributed by atoms with E-state index in [0.717, 1.165) is 5.56 Å². The largest absolute Gasteiger partial charge is 0.465 e. The number of aryl methyl sites for hydroxylation is 1. The smallest absolute Gasteiger partial charge is 0.337 e. The van der Waals surface area contributed by atoms with Crippen LogP contribution in [0.1, 0.15) is 27.7 Å². The molecule has 0 saturated carbocycles. The van der Waals surface area contributed by atoms with Gasteiger partial charge in [-0.15, -0.1) is 22.0 Å². The van der Waals surface area contributed by atoms with Crippen molar-refractivity contribution < 1.29 is 13.9 Å². The Balaban J connectivity index is 1.99. The summed E-state index contributed by atoms with van der Waals surface area (Å²) in [5.41, 5.74) is 1.36. The lowest BCUT2D eigenvalue weighted by atomic mass is 10.1. The third-order valence-electron chi connectivity index (χ3n) is 2.52. The second kappa shape index (κ2) is 6.76. The quantitative estimate of drug-likeness (QED) is 0.790. The minimum atomic E-state index is -0.375. The number of esters is 1. The molecule has 106 valence electrons. The molecule has 2 aromatic rings. The van der Waals surface area contributed by atoms with Gasteiger partial charge < -0.3 is 9.15 Å². The lowest BCUT2D eigenvalue weighted by Crippen LogP contribution is -2.01. The fourth-order valence-corrected chi connectivity index (χ4v) is 2.69. The van der Waals surface area contributed by atoms with E-state index in [4.69, 9.17) is 16.0 Å². The maximum Gasteiger partial charge on any atom is 0.337 e. The molecule has 0 aliphatic carbocycles.